The van der Waals surface area contributed by atoms with Gasteiger partial charge in [0, 0.05) is 30.6 Å². The van der Waals surface area contributed by atoms with E-state index in [4.69, 9.17) is 0 Å². The molecule has 10 heteroatoms. The second-order valence-corrected chi connectivity index (χ2v) is 7.21. The maximum absolute atomic E-state index is 12.5. The molecule has 0 aliphatic heterocycles. The number of nitrogens with zero attached hydrogens (tertiary/aromatic N) is 2. The quantitative estimate of drug-likeness (QED) is 0.387. The molecule has 3 N–H and O–H groups in total. The van der Waals surface area contributed by atoms with Crippen molar-refractivity contribution < 1.29 is 18.0 Å². The van der Waals surface area contributed by atoms with Gasteiger partial charge in [-0.1, -0.05) is 0 Å². The van der Waals surface area contributed by atoms with Gasteiger partial charge in [0.1, 0.15) is 0 Å². The molecule has 1 heterocycles. The highest BCUT2D eigenvalue weighted by molar-refractivity contribution is 7.11. The minimum absolute atomic E-state index is 0.173. The van der Waals surface area contributed by atoms with Crippen molar-refractivity contribution in [1.82, 2.24) is 20.9 Å². The summed E-state index contributed by atoms with van der Waals surface area (Å²) >= 11 is 1.62. The van der Waals surface area contributed by atoms with Crippen LogP contribution in [0.25, 0.3) is 0 Å². The Balaban J connectivity index is 1.74. The first kappa shape index (κ1) is 21.7. The van der Waals surface area contributed by atoms with E-state index in [-0.39, 0.29) is 5.56 Å². The number of aryl methyl sites for hydroxylation is 2. The summed E-state index contributed by atoms with van der Waals surface area (Å²) in [5, 5.41) is 9.88. The number of rotatable bonds is 6. The van der Waals surface area contributed by atoms with Crippen LogP contribution in [0.15, 0.2) is 29.3 Å². The second-order valence-electron chi connectivity index (χ2n) is 5.93. The van der Waals surface area contributed by atoms with Crippen molar-refractivity contribution in [3.63, 3.8) is 0 Å². The molecular weight excluding hydrogens is 391 g/mol. The predicted molar refractivity (Wildman–Crippen MR) is 104 cm³/mol. The van der Waals surface area contributed by atoms with E-state index in [2.05, 4.69) is 25.9 Å². The number of hydrogen-bond acceptors (Lipinski definition) is 4. The van der Waals surface area contributed by atoms with Crippen molar-refractivity contribution in [2.45, 2.75) is 26.6 Å². The Kier molecular flexibility index (Phi) is 7.38. The number of carbonyl (C=O) groups is 1. The summed E-state index contributed by atoms with van der Waals surface area (Å²) in [5.74, 6) is 0.142. The van der Waals surface area contributed by atoms with Crippen molar-refractivity contribution in [2.24, 2.45) is 4.99 Å². The molecule has 0 unspecified atom stereocenters. The Labute approximate surface area is 165 Å². The van der Waals surface area contributed by atoms with Crippen LogP contribution >= 0.6 is 11.3 Å². The normalized spacial score (nSPS) is 12.0. The molecule has 2 aromatic rings. The van der Waals surface area contributed by atoms with Crippen molar-refractivity contribution in [3.05, 3.63) is 51.0 Å². The number of nitrogens with one attached hydrogen (secondary N) is 3. The fourth-order valence-corrected chi connectivity index (χ4v) is 3.27. The minimum atomic E-state index is -4.42. The molecule has 1 aromatic heterocycles. The van der Waals surface area contributed by atoms with Crippen LogP contribution in [0.4, 0.5) is 13.2 Å². The SMILES string of the molecule is CN=C(NCCNC(=O)c1ccc(C(F)(F)F)cc1)NCc1sc(C)nc1C. The van der Waals surface area contributed by atoms with Gasteiger partial charge in [-0.15, -0.1) is 11.3 Å². The Morgan fingerprint density at radius 3 is 2.29 bits per heavy atom. The standard InChI is InChI=1S/C18H22F3N5OS/c1-11-15(28-12(2)26-11)10-25-17(22-3)24-9-8-23-16(27)13-4-6-14(7-5-13)18(19,20)21/h4-7H,8-10H2,1-3H3,(H,23,27)(H2,22,24,25). The number of aliphatic imine (C=N–C) groups is 1. The third kappa shape index (κ3) is 6.22. The van der Waals surface area contributed by atoms with Gasteiger partial charge in [0.15, 0.2) is 5.96 Å². The Morgan fingerprint density at radius 2 is 1.75 bits per heavy atom. The maximum Gasteiger partial charge on any atom is 0.416 e. The van der Waals surface area contributed by atoms with E-state index in [0.717, 1.165) is 39.8 Å². The summed E-state index contributed by atoms with van der Waals surface area (Å²) in [6.07, 6.45) is -4.42. The van der Waals surface area contributed by atoms with Crippen molar-refractivity contribution in [2.75, 3.05) is 20.1 Å². The number of aromatic nitrogens is 1. The van der Waals surface area contributed by atoms with E-state index < -0.39 is 17.6 Å². The highest BCUT2D eigenvalue weighted by Crippen LogP contribution is 2.29. The molecule has 0 atom stereocenters. The lowest BCUT2D eigenvalue weighted by atomic mass is 10.1. The molecule has 2 rings (SSSR count). The smallest absolute Gasteiger partial charge is 0.355 e. The highest BCUT2D eigenvalue weighted by Gasteiger charge is 2.30. The van der Waals surface area contributed by atoms with Crippen LogP contribution < -0.4 is 16.0 Å². The lowest BCUT2D eigenvalue weighted by Gasteiger charge is -2.12. The topological polar surface area (TPSA) is 78.4 Å². The van der Waals surface area contributed by atoms with Crippen LogP contribution in [-0.4, -0.2) is 37.0 Å². The molecule has 1 amide bonds. The average molecular weight is 413 g/mol. The largest absolute Gasteiger partial charge is 0.416 e. The highest BCUT2D eigenvalue weighted by atomic mass is 32.1. The van der Waals surface area contributed by atoms with E-state index >= 15 is 0 Å². The lowest BCUT2D eigenvalue weighted by molar-refractivity contribution is -0.137. The predicted octanol–water partition coefficient (Wildman–Crippen LogP) is 2.87. The number of guanidine groups is 1. The van der Waals surface area contributed by atoms with Gasteiger partial charge in [0.05, 0.1) is 22.8 Å². The molecule has 0 spiro atoms. The van der Waals surface area contributed by atoms with E-state index in [1.165, 1.54) is 0 Å². The summed E-state index contributed by atoms with van der Waals surface area (Å²) in [6, 6.07) is 4.10. The molecule has 0 fully saturated rings. The molecule has 0 aliphatic carbocycles. The first-order valence-corrected chi connectivity index (χ1v) is 9.35. The zero-order chi connectivity index (χ0) is 20.7. The van der Waals surface area contributed by atoms with E-state index in [1.807, 2.05) is 13.8 Å². The Morgan fingerprint density at radius 1 is 1.11 bits per heavy atom. The van der Waals surface area contributed by atoms with Crippen LogP contribution in [-0.2, 0) is 12.7 Å². The molecule has 28 heavy (non-hydrogen) atoms. The first-order valence-electron chi connectivity index (χ1n) is 8.53. The minimum Gasteiger partial charge on any atom is -0.355 e. The number of benzene rings is 1. The molecule has 0 saturated carbocycles. The van der Waals surface area contributed by atoms with Gasteiger partial charge in [-0.3, -0.25) is 9.79 Å². The van der Waals surface area contributed by atoms with E-state index in [1.54, 1.807) is 18.4 Å². The second kappa shape index (κ2) is 9.54. The van der Waals surface area contributed by atoms with Crippen molar-refractivity contribution in [3.8, 4) is 0 Å². The molecule has 0 saturated heterocycles. The zero-order valence-corrected chi connectivity index (χ0v) is 16.6. The fraction of sp³-hybridized carbons (Fsp3) is 0.389. The van der Waals surface area contributed by atoms with Gasteiger partial charge in [-0.2, -0.15) is 13.2 Å². The van der Waals surface area contributed by atoms with Crippen LogP contribution in [0.1, 0.15) is 31.5 Å². The number of alkyl halides is 3. The molecule has 152 valence electrons. The number of hydrogen-bond donors (Lipinski definition) is 3. The van der Waals surface area contributed by atoms with Gasteiger partial charge >= 0.3 is 6.18 Å². The Bertz CT molecular complexity index is 831. The van der Waals surface area contributed by atoms with Crippen molar-refractivity contribution >= 4 is 23.2 Å². The molecule has 0 radical (unpaired) electrons. The molecular formula is C18H22F3N5OS. The monoisotopic (exact) mass is 413 g/mol. The van der Waals surface area contributed by atoms with E-state index in [0.29, 0.717) is 25.6 Å². The van der Waals surface area contributed by atoms with Crippen LogP contribution in [0, 0.1) is 13.8 Å². The molecule has 0 bridgehead atoms. The third-order valence-corrected chi connectivity index (χ3v) is 4.89. The first-order chi connectivity index (χ1) is 13.2. The van der Waals surface area contributed by atoms with Gasteiger partial charge < -0.3 is 16.0 Å². The summed E-state index contributed by atoms with van der Waals surface area (Å²) < 4.78 is 37.6. The molecule has 0 aliphatic rings. The number of amides is 1. The van der Waals surface area contributed by atoms with Crippen molar-refractivity contribution in [1.29, 1.82) is 0 Å². The summed E-state index contributed by atoms with van der Waals surface area (Å²) in [4.78, 5) is 21.6. The van der Waals surface area contributed by atoms with Crippen LogP contribution in [0.5, 0.6) is 0 Å². The number of thiazole rings is 1. The third-order valence-electron chi connectivity index (χ3n) is 3.82. The summed E-state index contributed by atoms with van der Waals surface area (Å²) in [5.41, 5.74) is 0.368. The maximum atomic E-state index is 12.5. The molecule has 6 nitrogen and oxygen atoms in total. The van der Waals surface area contributed by atoms with Gasteiger partial charge in [0.2, 0.25) is 0 Å². The summed E-state index contributed by atoms with van der Waals surface area (Å²) in [7, 11) is 1.64. The Hall–Kier alpha value is -2.62. The molecule has 1 aromatic carbocycles. The zero-order valence-electron chi connectivity index (χ0n) is 15.8. The fourth-order valence-electron chi connectivity index (χ4n) is 2.39. The van der Waals surface area contributed by atoms with Crippen LogP contribution in [0.2, 0.25) is 0 Å². The van der Waals surface area contributed by atoms with Gasteiger partial charge in [-0.25, -0.2) is 4.98 Å². The summed E-state index contributed by atoms with van der Waals surface area (Å²) in [6.45, 7) is 5.20. The van der Waals surface area contributed by atoms with Crippen LogP contribution in [0.3, 0.4) is 0 Å². The van der Waals surface area contributed by atoms with Gasteiger partial charge in [-0.05, 0) is 38.1 Å². The van der Waals surface area contributed by atoms with Gasteiger partial charge in [0.25, 0.3) is 5.91 Å². The lowest BCUT2D eigenvalue weighted by Crippen LogP contribution is -2.41. The average Bonchev–Trinajstić information content (AvgIpc) is 2.97. The van der Waals surface area contributed by atoms with E-state index in [9.17, 15) is 18.0 Å². The number of carbonyl (C=O) groups excluding carboxylic acids is 1. The number of halogens is 3.